The molecule has 3 nitrogen and oxygen atoms in total. The predicted octanol–water partition coefficient (Wildman–Crippen LogP) is 2.28. The zero-order valence-electron chi connectivity index (χ0n) is 10.3. The Morgan fingerprint density at radius 2 is 1.88 bits per heavy atom. The van der Waals surface area contributed by atoms with Gasteiger partial charge in [0.15, 0.2) is 0 Å². The summed E-state index contributed by atoms with van der Waals surface area (Å²) in [6.07, 6.45) is 0. The van der Waals surface area contributed by atoms with E-state index in [0.717, 1.165) is 24.3 Å². The average Bonchev–Trinajstić information content (AvgIpc) is 2.29. The Balaban J connectivity index is 2.52. The monoisotopic (exact) mass is 220 g/mol. The molecule has 0 bridgehead atoms. The summed E-state index contributed by atoms with van der Waals surface area (Å²) in [6, 6.07) is 7.99. The van der Waals surface area contributed by atoms with E-state index >= 15 is 0 Å². The standard InChI is InChI=1S/C13H20N2O/c1-4-15(5-2)13(16)10-14-12-9-7-6-8-11(12)3/h6-9,14H,4-5,10H2,1-3H3. The molecule has 88 valence electrons. The number of anilines is 1. The summed E-state index contributed by atoms with van der Waals surface area (Å²) in [6.45, 7) is 7.93. The minimum Gasteiger partial charge on any atom is -0.376 e. The van der Waals surface area contributed by atoms with Gasteiger partial charge in [0.1, 0.15) is 0 Å². The fourth-order valence-electron chi connectivity index (χ4n) is 1.63. The summed E-state index contributed by atoms with van der Waals surface area (Å²) in [5, 5.41) is 3.17. The molecule has 1 N–H and O–H groups in total. The van der Waals surface area contributed by atoms with Gasteiger partial charge in [-0.2, -0.15) is 0 Å². The Morgan fingerprint density at radius 1 is 1.25 bits per heavy atom. The summed E-state index contributed by atoms with van der Waals surface area (Å²) in [7, 11) is 0. The lowest BCUT2D eigenvalue weighted by Crippen LogP contribution is -2.35. The Bertz CT molecular complexity index is 346. The molecule has 1 amide bonds. The molecule has 0 aliphatic rings. The molecule has 1 rings (SSSR count). The van der Waals surface area contributed by atoms with Crippen molar-refractivity contribution in [2.24, 2.45) is 0 Å². The van der Waals surface area contributed by atoms with Crippen LogP contribution in [-0.4, -0.2) is 30.4 Å². The average molecular weight is 220 g/mol. The molecule has 0 atom stereocenters. The van der Waals surface area contributed by atoms with Crippen molar-refractivity contribution in [1.82, 2.24) is 4.90 Å². The van der Waals surface area contributed by atoms with Crippen LogP contribution in [0, 0.1) is 6.92 Å². The van der Waals surface area contributed by atoms with E-state index in [1.807, 2.05) is 49.9 Å². The van der Waals surface area contributed by atoms with Crippen molar-refractivity contribution < 1.29 is 4.79 Å². The maximum absolute atomic E-state index is 11.8. The van der Waals surface area contributed by atoms with E-state index in [1.54, 1.807) is 0 Å². The van der Waals surface area contributed by atoms with Crippen molar-refractivity contribution in [2.45, 2.75) is 20.8 Å². The molecule has 0 aliphatic heterocycles. The second-order valence-corrected chi connectivity index (χ2v) is 3.73. The van der Waals surface area contributed by atoms with Crippen LogP contribution in [0.5, 0.6) is 0 Å². The molecule has 16 heavy (non-hydrogen) atoms. The van der Waals surface area contributed by atoms with Crippen LogP contribution in [0.15, 0.2) is 24.3 Å². The van der Waals surface area contributed by atoms with Crippen LogP contribution in [0.2, 0.25) is 0 Å². The van der Waals surface area contributed by atoms with Gasteiger partial charge >= 0.3 is 0 Å². The maximum atomic E-state index is 11.8. The van der Waals surface area contributed by atoms with Crippen molar-refractivity contribution in [3.63, 3.8) is 0 Å². The van der Waals surface area contributed by atoms with Gasteiger partial charge in [-0.25, -0.2) is 0 Å². The lowest BCUT2D eigenvalue weighted by atomic mass is 10.2. The van der Waals surface area contributed by atoms with Crippen LogP contribution in [0.25, 0.3) is 0 Å². The molecule has 0 aliphatic carbocycles. The molecular weight excluding hydrogens is 200 g/mol. The predicted molar refractivity (Wildman–Crippen MR) is 67.6 cm³/mol. The Labute approximate surface area is 97.5 Å². The highest BCUT2D eigenvalue weighted by molar-refractivity contribution is 5.81. The van der Waals surface area contributed by atoms with Crippen molar-refractivity contribution >= 4 is 11.6 Å². The van der Waals surface area contributed by atoms with Gasteiger partial charge in [0.25, 0.3) is 0 Å². The number of nitrogens with zero attached hydrogens (tertiary/aromatic N) is 1. The van der Waals surface area contributed by atoms with Gasteiger partial charge in [-0.15, -0.1) is 0 Å². The molecule has 0 saturated carbocycles. The quantitative estimate of drug-likeness (QED) is 0.825. The summed E-state index contributed by atoms with van der Waals surface area (Å²) < 4.78 is 0. The highest BCUT2D eigenvalue weighted by Gasteiger charge is 2.08. The van der Waals surface area contributed by atoms with Gasteiger partial charge in [-0.05, 0) is 32.4 Å². The van der Waals surface area contributed by atoms with Gasteiger partial charge in [-0.3, -0.25) is 4.79 Å². The molecule has 0 saturated heterocycles. The number of benzene rings is 1. The zero-order valence-corrected chi connectivity index (χ0v) is 10.3. The fraction of sp³-hybridized carbons (Fsp3) is 0.462. The Kier molecular flexibility index (Phi) is 4.83. The van der Waals surface area contributed by atoms with E-state index < -0.39 is 0 Å². The number of amides is 1. The zero-order chi connectivity index (χ0) is 12.0. The van der Waals surface area contributed by atoms with Gasteiger partial charge < -0.3 is 10.2 Å². The van der Waals surface area contributed by atoms with Gasteiger partial charge in [0.05, 0.1) is 6.54 Å². The number of rotatable bonds is 5. The SMILES string of the molecule is CCN(CC)C(=O)CNc1ccccc1C. The highest BCUT2D eigenvalue weighted by atomic mass is 16.2. The second-order valence-electron chi connectivity index (χ2n) is 3.73. The molecule has 0 radical (unpaired) electrons. The van der Waals surface area contributed by atoms with E-state index in [-0.39, 0.29) is 5.91 Å². The van der Waals surface area contributed by atoms with E-state index in [0.29, 0.717) is 6.54 Å². The Hall–Kier alpha value is -1.51. The molecule has 0 heterocycles. The number of aryl methyl sites for hydroxylation is 1. The second kappa shape index (κ2) is 6.16. The first-order chi connectivity index (χ1) is 7.69. The smallest absolute Gasteiger partial charge is 0.241 e. The van der Waals surface area contributed by atoms with E-state index in [2.05, 4.69) is 5.32 Å². The summed E-state index contributed by atoms with van der Waals surface area (Å²) in [5.74, 6) is 0.147. The molecule has 1 aromatic rings. The van der Waals surface area contributed by atoms with Crippen LogP contribution >= 0.6 is 0 Å². The number of hydrogen-bond acceptors (Lipinski definition) is 2. The minimum atomic E-state index is 0.147. The topological polar surface area (TPSA) is 32.3 Å². The largest absolute Gasteiger partial charge is 0.376 e. The van der Waals surface area contributed by atoms with Crippen LogP contribution in [-0.2, 0) is 4.79 Å². The number of carbonyl (C=O) groups is 1. The van der Waals surface area contributed by atoms with Crippen LogP contribution < -0.4 is 5.32 Å². The molecule has 0 fully saturated rings. The van der Waals surface area contributed by atoms with Crippen molar-refractivity contribution in [1.29, 1.82) is 0 Å². The number of nitrogens with one attached hydrogen (secondary N) is 1. The summed E-state index contributed by atoms with van der Waals surface area (Å²) >= 11 is 0. The number of likely N-dealkylation sites (N-methyl/N-ethyl adjacent to an activating group) is 1. The molecule has 3 heteroatoms. The van der Waals surface area contributed by atoms with Crippen LogP contribution in [0.1, 0.15) is 19.4 Å². The van der Waals surface area contributed by atoms with Gasteiger partial charge in [-0.1, -0.05) is 18.2 Å². The highest BCUT2D eigenvalue weighted by Crippen LogP contribution is 2.12. The first-order valence-electron chi connectivity index (χ1n) is 5.76. The molecule has 0 aromatic heterocycles. The number of para-hydroxylation sites is 1. The Morgan fingerprint density at radius 3 is 2.44 bits per heavy atom. The minimum absolute atomic E-state index is 0.147. The maximum Gasteiger partial charge on any atom is 0.241 e. The van der Waals surface area contributed by atoms with Crippen LogP contribution in [0.3, 0.4) is 0 Å². The molecular formula is C13H20N2O. The third-order valence-corrected chi connectivity index (χ3v) is 2.69. The van der Waals surface area contributed by atoms with Crippen molar-refractivity contribution in [3.8, 4) is 0 Å². The summed E-state index contributed by atoms with van der Waals surface area (Å²) in [4.78, 5) is 13.6. The van der Waals surface area contributed by atoms with Crippen molar-refractivity contribution in [3.05, 3.63) is 29.8 Å². The van der Waals surface area contributed by atoms with Gasteiger partial charge in [0, 0.05) is 18.8 Å². The van der Waals surface area contributed by atoms with Gasteiger partial charge in [0.2, 0.25) is 5.91 Å². The summed E-state index contributed by atoms with van der Waals surface area (Å²) in [5.41, 5.74) is 2.19. The number of carbonyl (C=O) groups excluding carboxylic acids is 1. The molecule has 0 unspecified atom stereocenters. The van der Waals surface area contributed by atoms with E-state index in [9.17, 15) is 4.79 Å². The lowest BCUT2D eigenvalue weighted by molar-refractivity contribution is -0.128. The van der Waals surface area contributed by atoms with Crippen LogP contribution in [0.4, 0.5) is 5.69 Å². The first-order valence-corrected chi connectivity index (χ1v) is 5.76. The number of hydrogen-bond donors (Lipinski definition) is 1. The first kappa shape index (κ1) is 12.6. The fourth-order valence-corrected chi connectivity index (χ4v) is 1.63. The normalized spacial score (nSPS) is 9.94. The van der Waals surface area contributed by atoms with E-state index in [4.69, 9.17) is 0 Å². The van der Waals surface area contributed by atoms with Crippen molar-refractivity contribution in [2.75, 3.05) is 25.0 Å². The van der Waals surface area contributed by atoms with E-state index in [1.165, 1.54) is 0 Å². The molecule has 0 spiro atoms. The molecule has 1 aromatic carbocycles. The lowest BCUT2D eigenvalue weighted by Gasteiger charge is -2.19. The third-order valence-electron chi connectivity index (χ3n) is 2.69. The third kappa shape index (κ3) is 3.26.